The van der Waals surface area contributed by atoms with Crippen LogP contribution >= 0.6 is 0 Å². The summed E-state index contributed by atoms with van der Waals surface area (Å²) in [7, 11) is 0. The third kappa shape index (κ3) is 6.82. The van der Waals surface area contributed by atoms with Gasteiger partial charge in [0.15, 0.2) is 0 Å². The normalized spacial score (nSPS) is 10.7. The van der Waals surface area contributed by atoms with Gasteiger partial charge in [0.05, 0.1) is 24.4 Å². The molecule has 1 aromatic carbocycles. The van der Waals surface area contributed by atoms with E-state index in [2.05, 4.69) is 19.2 Å². The fourth-order valence-electron chi connectivity index (χ4n) is 1.68. The molecule has 0 unspecified atom stereocenters. The number of anilines is 2. The Morgan fingerprint density at radius 1 is 1.32 bits per heavy atom. The number of ether oxygens (including phenoxy) is 1. The number of rotatable bonds is 8. The zero-order valence-corrected chi connectivity index (χ0v) is 11.8. The minimum atomic E-state index is -0.0678. The average Bonchev–Trinajstić information content (AvgIpc) is 2.36. The molecular weight excluding hydrogens is 240 g/mol. The summed E-state index contributed by atoms with van der Waals surface area (Å²) in [5, 5.41) is 2.78. The summed E-state index contributed by atoms with van der Waals surface area (Å²) in [6.45, 7) is 5.56. The van der Waals surface area contributed by atoms with E-state index >= 15 is 0 Å². The number of hydrogen-bond donors (Lipinski definition) is 2. The van der Waals surface area contributed by atoms with E-state index in [4.69, 9.17) is 10.5 Å². The Morgan fingerprint density at radius 3 is 2.74 bits per heavy atom. The number of benzene rings is 1. The lowest BCUT2D eigenvalue weighted by atomic mass is 10.1. The molecule has 0 fully saturated rings. The Morgan fingerprint density at radius 2 is 2.05 bits per heavy atom. The first-order valence-corrected chi connectivity index (χ1v) is 6.81. The number of nitrogens with two attached hydrogens (primary N) is 1. The number of carbonyl (C=O) groups is 1. The van der Waals surface area contributed by atoms with Crippen molar-refractivity contribution < 1.29 is 9.53 Å². The van der Waals surface area contributed by atoms with Gasteiger partial charge in [-0.2, -0.15) is 0 Å². The predicted molar refractivity (Wildman–Crippen MR) is 79.0 cm³/mol. The van der Waals surface area contributed by atoms with Crippen LogP contribution in [0.3, 0.4) is 0 Å². The van der Waals surface area contributed by atoms with Crippen LogP contribution in [-0.2, 0) is 9.53 Å². The Kier molecular flexibility index (Phi) is 6.97. The summed E-state index contributed by atoms with van der Waals surface area (Å²) in [6.07, 6.45) is 2.56. The fraction of sp³-hybridized carbons (Fsp3) is 0.533. The maximum atomic E-state index is 11.7. The number of hydrogen-bond acceptors (Lipinski definition) is 3. The molecule has 1 amide bonds. The highest BCUT2D eigenvalue weighted by Gasteiger charge is 2.04. The minimum Gasteiger partial charge on any atom is -0.397 e. The van der Waals surface area contributed by atoms with Crippen LogP contribution in [0.25, 0.3) is 0 Å². The molecule has 0 aliphatic carbocycles. The molecule has 3 N–H and O–H groups in total. The molecule has 106 valence electrons. The van der Waals surface area contributed by atoms with Gasteiger partial charge in [0.2, 0.25) is 5.91 Å². The van der Waals surface area contributed by atoms with Crippen LogP contribution in [-0.4, -0.2) is 19.1 Å². The van der Waals surface area contributed by atoms with Crippen molar-refractivity contribution in [3.8, 4) is 0 Å². The van der Waals surface area contributed by atoms with Crippen molar-refractivity contribution in [1.82, 2.24) is 0 Å². The molecule has 4 nitrogen and oxygen atoms in total. The van der Waals surface area contributed by atoms with E-state index < -0.39 is 0 Å². The largest absolute Gasteiger partial charge is 0.397 e. The zero-order valence-electron chi connectivity index (χ0n) is 11.8. The van der Waals surface area contributed by atoms with Gasteiger partial charge >= 0.3 is 0 Å². The van der Waals surface area contributed by atoms with Crippen LogP contribution in [0.2, 0.25) is 0 Å². The smallest absolute Gasteiger partial charge is 0.226 e. The molecule has 0 aromatic heterocycles. The Labute approximate surface area is 115 Å². The number of carbonyl (C=O) groups excluding carboxylic acids is 1. The SMILES string of the molecule is CC(C)CCCOCCC(=O)Nc1ccccc1N. The summed E-state index contributed by atoms with van der Waals surface area (Å²) < 4.78 is 5.43. The Hall–Kier alpha value is -1.55. The van der Waals surface area contributed by atoms with Gasteiger partial charge in [0, 0.05) is 6.61 Å². The predicted octanol–water partition coefficient (Wildman–Crippen LogP) is 3.05. The standard InChI is InChI=1S/C15H24N2O2/c1-12(2)6-5-10-19-11-9-15(18)17-14-8-4-3-7-13(14)16/h3-4,7-8,12H,5-6,9-11,16H2,1-2H3,(H,17,18). The quantitative estimate of drug-likeness (QED) is 0.560. The van der Waals surface area contributed by atoms with Crippen molar-refractivity contribution in [3.05, 3.63) is 24.3 Å². The summed E-state index contributed by atoms with van der Waals surface area (Å²) in [5.74, 6) is 0.634. The number of amides is 1. The third-order valence-electron chi connectivity index (χ3n) is 2.78. The average molecular weight is 264 g/mol. The first-order chi connectivity index (χ1) is 9.09. The molecule has 0 bridgehead atoms. The minimum absolute atomic E-state index is 0.0678. The van der Waals surface area contributed by atoms with Crippen molar-refractivity contribution in [2.45, 2.75) is 33.1 Å². The van der Waals surface area contributed by atoms with Crippen molar-refractivity contribution >= 4 is 17.3 Å². The van der Waals surface area contributed by atoms with Crippen molar-refractivity contribution in [3.63, 3.8) is 0 Å². The van der Waals surface area contributed by atoms with Crippen LogP contribution in [0.4, 0.5) is 11.4 Å². The van der Waals surface area contributed by atoms with E-state index in [0.29, 0.717) is 30.3 Å². The highest BCUT2D eigenvalue weighted by molar-refractivity contribution is 5.93. The zero-order chi connectivity index (χ0) is 14.1. The van der Waals surface area contributed by atoms with Crippen molar-refractivity contribution in [2.24, 2.45) is 5.92 Å². The highest BCUT2D eigenvalue weighted by atomic mass is 16.5. The molecule has 4 heteroatoms. The van der Waals surface area contributed by atoms with E-state index in [-0.39, 0.29) is 5.91 Å². The topological polar surface area (TPSA) is 64.3 Å². The molecular formula is C15H24N2O2. The van der Waals surface area contributed by atoms with E-state index in [1.807, 2.05) is 12.1 Å². The first kappa shape index (κ1) is 15.5. The van der Waals surface area contributed by atoms with E-state index in [1.165, 1.54) is 0 Å². The van der Waals surface area contributed by atoms with Gasteiger partial charge < -0.3 is 15.8 Å². The molecule has 0 radical (unpaired) electrons. The van der Waals surface area contributed by atoms with Crippen LogP contribution in [0.1, 0.15) is 33.1 Å². The van der Waals surface area contributed by atoms with Crippen molar-refractivity contribution in [2.75, 3.05) is 24.3 Å². The van der Waals surface area contributed by atoms with Crippen LogP contribution in [0, 0.1) is 5.92 Å². The second kappa shape index (κ2) is 8.53. The summed E-state index contributed by atoms with van der Waals surface area (Å²) in [6, 6.07) is 7.23. The number of para-hydroxylation sites is 2. The maximum Gasteiger partial charge on any atom is 0.226 e. The lowest BCUT2D eigenvalue weighted by Gasteiger charge is -2.08. The van der Waals surface area contributed by atoms with E-state index in [1.54, 1.807) is 12.1 Å². The molecule has 1 aromatic rings. The van der Waals surface area contributed by atoms with E-state index in [9.17, 15) is 4.79 Å². The second-order valence-electron chi connectivity index (χ2n) is 5.03. The third-order valence-corrected chi connectivity index (χ3v) is 2.78. The molecule has 0 heterocycles. The van der Waals surface area contributed by atoms with Crippen molar-refractivity contribution in [1.29, 1.82) is 0 Å². The number of nitrogens with one attached hydrogen (secondary N) is 1. The molecule has 0 spiro atoms. The molecule has 19 heavy (non-hydrogen) atoms. The van der Waals surface area contributed by atoms with Crippen LogP contribution < -0.4 is 11.1 Å². The van der Waals surface area contributed by atoms with Gasteiger partial charge in [-0.1, -0.05) is 26.0 Å². The van der Waals surface area contributed by atoms with Gasteiger partial charge in [0.25, 0.3) is 0 Å². The Balaban J connectivity index is 2.13. The molecule has 1 rings (SSSR count). The molecule has 0 saturated heterocycles. The summed E-state index contributed by atoms with van der Waals surface area (Å²) in [4.78, 5) is 11.7. The maximum absolute atomic E-state index is 11.7. The fourth-order valence-corrected chi connectivity index (χ4v) is 1.68. The highest BCUT2D eigenvalue weighted by Crippen LogP contribution is 2.16. The summed E-state index contributed by atoms with van der Waals surface area (Å²) in [5.41, 5.74) is 6.98. The molecule has 0 saturated carbocycles. The van der Waals surface area contributed by atoms with Crippen LogP contribution in [0.5, 0.6) is 0 Å². The second-order valence-corrected chi connectivity index (χ2v) is 5.03. The molecule has 0 aliphatic rings. The van der Waals surface area contributed by atoms with E-state index in [0.717, 1.165) is 19.4 Å². The monoisotopic (exact) mass is 264 g/mol. The lowest BCUT2D eigenvalue weighted by molar-refractivity contribution is -0.117. The lowest BCUT2D eigenvalue weighted by Crippen LogP contribution is -2.15. The summed E-state index contributed by atoms with van der Waals surface area (Å²) >= 11 is 0. The number of nitrogen functional groups attached to an aromatic ring is 1. The van der Waals surface area contributed by atoms with Gasteiger partial charge in [-0.25, -0.2) is 0 Å². The van der Waals surface area contributed by atoms with Gasteiger partial charge in [-0.3, -0.25) is 4.79 Å². The van der Waals surface area contributed by atoms with Crippen LogP contribution in [0.15, 0.2) is 24.3 Å². The first-order valence-electron chi connectivity index (χ1n) is 6.81. The van der Waals surface area contributed by atoms with Gasteiger partial charge in [-0.15, -0.1) is 0 Å². The molecule has 0 atom stereocenters. The van der Waals surface area contributed by atoms with Gasteiger partial charge in [-0.05, 0) is 30.9 Å². The molecule has 0 aliphatic heterocycles. The Bertz CT molecular complexity index is 391. The van der Waals surface area contributed by atoms with Gasteiger partial charge in [0.1, 0.15) is 0 Å².